The lowest BCUT2D eigenvalue weighted by molar-refractivity contribution is 0.0570. The molecule has 4 nitrogen and oxygen atoms in total. The zero-order valence-electron chi connectivity index (χ0n) is 16.5. The lowest BCUT2D eigenvalue weighted by Crippen LogP contribution is -2.39. The minimum absolute atomic E-state index is 0.0397. The number of nitrogens with zero attached hydrogens (tertiary/aromatic N) is 1. The number of fused-ring (bicyclic) bond motifs is 2. The van der Waals surface area contributed by atoms with Gasteiger partial charge in [-0.05, 0) is 50.0 Å². The van der Waals surface area contributed by atoms with Crippen molar-refractivity contribution in [3.8, 4) is 11.5 Å². The standard InChI is InChI=1S/C24H25NO3/c1-15-7-3-4-8-17(15)12-21-22(26)20-11-18-13-25(19-9-5-6-10-19)14-27-23(18)16(2)24(20)28-21/h3-4,7-8,11-12,19H,5-6,9-10,13-14H2,1-2H3/b21-12-. The molecule has 0 N–H and O–H groups in total. The lowest BCUT2D eigenvalue weighted by atomic mass is 9.99. The van der Waals surface area contributed by atoms with Gasteiger partial charge in [0.05, 0.1) is 5.56 Å². The van der Waals surface area contributed by atoms with Crippen LogP contribution in [0.5, 0.6) is 11.5 Å². The van der Waals surface area contributed by atoms with Gasteiger partial charge in [0, 0.05) is 23.7 Å². The quantitative estimate of drug-likeness (QED) is 0.692. The SMILES string of the molecule is Cc1ccccc1/C=C1\Oc2c(cc3c(c2C)OCN(C2CCCC2)C3)C1=O. The number of hydrogen-bond acceptors (Lipinski definition) is 4. The average Bonchev–Trinajstić information content (AvgIpc) is 3.34. The second kappa shape index (κ2) is 6.78. The topological polar surface area (TPSA) is 38.8 Å². The summed E-state index contributed by atoms with van der Waals surface area (Å²) < 4.78 is 12.1. The summed E-state index contributed by atoms with van der Waals surface area (Å²) in [6.07, 6.45) is 6.94. The van der Waals surface area contributed by atoms with Gasteiger partial charge in [0.25, 0.3) is 0 Å². The first-order chi connectivity index (χ1) is 13.6. The molecular weight excluding hydrogens is 350 g/mol. The van der Waals surface area contributed by atoms with Gasteiger partial charge < -0.3 is 9.47 Å². The number of rotatable bonds is 2. The number of Topliss-reactive ketones (excluding diaryl/α,β-unsaturated/α-hetero) is 1. The van der Waals surface area contributed by atoms with E-state index in [2.05, 4.69) is 4.90 Å². The third kappa shape index (κ3) is 2.83. The molecule has 0 atom stereocenters. The van der Waals surface area contributed by atoms with Crippen LogP contribution in [0.15, 0.2) is 36.1 Å². The van der Waals surface area contributed by atoms with E-state index >= 15 is 0 Å². The van der Waals surface area contributed by atoms with Crippen LogP contribution >= 0.6 is 0 Å². The molecular formula is C24H25NO3. The van der Waals surface area contributed by atoms with E-state index < -0.39 is 0 Å². The molecule has 2 aliphatic heterocycles. The Morgan fingerprint density at radius 3 is 2.68 bits per heavy atom. The van der Waals surface area contributed by atoms with Gasteiger partial charge in [-0.25, -0.2) is 0 Å². The van der Waals surface area contributed by atoms with Crippen molar-refractivity contribution < 1.29 is 14.3 Å². The van der Waals surface area contributed by atoms with Crippen LogP contribution in [0, 0.1) is 13.8 Å². The Morgan fingerprint density at radius 1 is 1.11 bits per heavy atom. The van der Waals surface area contributed by atoms with Gasteiger partial charge in [0.15, 0.2) is 5.76 Å². The Morgan fingerprint density at radius 2 is 1.89 bits per heavy atom. The van der Waals surface area contributed by atoms with Crippen molar-refractivity contribution in [2.75, 3.05) is 6.73 Å². The maximum absolute atomic E-state index is 13.0. The van der Waals surface area contributed by atoms with Crippen LogP contribution in [-0.2, 0) is 6.54 Å². The fourth-order valence-electron chi connectivity index (χ4n) is 4.66. The van der Waals surface area contributed by atoms with Gasteiger partial charge in [-0.2, -0.15) is 0 Å². The van der Waals surface area contributed by atoms with Crippen molar-refractivity contribution in [1.29, 1.82) is 0 Å². The molecule has 5 rings (SSSR count). The maximum Gasteiger partial charge on any atom is 0.231 e. The van der Waals surface area contributed by atoms with E-state index in [1.807, 2.05) is 50.3 Å². The monoisotopic (exact) mass is 375 g/mol. The molecule has 3 aliphatic rings. The van der Waals surface area contributed by atoms with E-state index in [1.54, 1.807) is 0 Å². The Balaban J connectivity index is 1.49. The van der Waals surface area contributed by atoms with Gasteiger partial charge in [0.1, 0.15) is 18.2 Å². The Labute approximate surface area is 165 Å². The molecule has 1 fully saturated rings. The predicted octanol–water partition coefficient (Wildman–Crippen LogP) is 5.01. The average molecular weight is 375 g/mol. The minimum Gasteiger partial charge on any atom is -0.477 e. The summed E-state index contributed by atoms with van der Waals surface area (Å²) in [4.78, 5) is 15.4. The summed E-state index contributed by atoms with van der Waals surface area (Å²) in [6, 6.07) is 10.6. The zero-order chi connectivity index (χ0) is 19.3. The summed E-state index contributed by atoms with van der Waals surface area (Å²) in [5.41, 5.74) is 4.81. The van der Waals surface area contributed by atoms with Gasteiger partial charge in [0.2, 0.25) is 5.78 Å². The molecule has 0 aromatic heterocycles. The maximum atomic E-state index is 13.0. The van der Waals surface area contributed by atoms with Crippen LogP contribution in [0.2, 0.25) is 0 Å². The summed E-state index contributed by atoms with van der Waals surface area (Å²) in [5.74, 6) is 1.89. The van der Waals surface area contributed by atoms with Crippen molar-refractivity contribution in [1.82, 2.24) is 4.90 Å². The summed E-state index contributed by atoms with van der Waals surface area (Å²) in [6.45, 7) is 5.50. The van der Waals surface area contributed by atoms with Gasteiger partial charge >= 0.3 is 0 Å². The Kier molecular flexibility index (Phi) is 4.24. The fourth-order valence-corrected chi connectivity index (χ4v) is 4.66. The van der Waals surface area contributed by atoms with E-state index in [4.69, 9.17) is 9.47 Å². The summed E-state index contributed by atoms with van der Waals surface area (Å²) in [7, 11) is 0. The third-order valence-corrected chi connectivity index (χ3v) is 6.28. The first kappa shape index (κ1) is 17.5. The summed E-state index contributed by atoms with van der Waals surface area (Å²) in [5, 5.41) is 0. The first-order valence-corrected chi connectivity index (χ1v) is 10.1. The molecule has 0 unspecified atom stereocenters. The van der Waals surface area contributed by atoms with Crippen molar-refractivity contribution >= 4 is 11.9 Å². The van der Waals surface area contributed by atoms with Crippen molar-refractivity contribution in [3.05, 3.63) is 63.9 Å². The van der Waals surface area contributed by atoms with E-state index in [0.29, 0.717) is 29.8 Å². The molecule has 1 aliphatic carbocycles. The van der Waals surface area contributed by atoms with Crippen molar-refractivity contribution in [3.63, 3.8) is 0 Å². The molecule has 0 radical (unpaired) electrons. The van der Waals surface area contributed by atoms with Crippen LogP contribution in [0.25, 0.3) is 6.08 Å². The highest BCUT2D eigenvalue weighted by molar-refractivity contribution is 6.15. The molecule has 0 bridgehead atoms. The molecule has 4 heteroatoms. The van der Waals surface area contributed by atoms with E-state index in [0.717, 1.165) is 34.5 Å². The highest BCUT2D eigenvalue weighted by atomic mass is 16.5. The number of hydrogen-bond donors (Lipinski definition) is 0. The molecule has 2 aromatic rings. The molecule has 0 amide bonds. The highest BCUT2D eigenvalue weighted by Gasteiger charge is 2.35. The third-order valence-electron chi connectivity index (χ3n) is 6.28. The van der Waals surface area contributed by atoms with Crippen LogP contribution in [-0.4, -0.2) is 23.5 Å². The van der Waals surface area contributed by atoms with Crippen molar-refractivity contribution in [2.24, 2.45) is 0 Å². The number of carbonyl (C=O) groups is 1. The molecule has 28 heavy (non-hydrogen) atoms. The number of allylic oxidation sites excluding steroid dienone is 1. The predicted molar refractivity (Wildman–Crippen MR) is 109 cm³/mol. The highest BCUT2D eigenvalue weighted by Crippen LogP contribution is 2.44. The minimum atomic E-state index is -0.0397. The first-order valence-electron chi connectivity index (χ1n) is 10.1. The largest absolute Gasteiger partial charge is 0.477 e. The molecule has 0 saturated heterocycles. The second-order valence-electron chi connectivity index (χ2n) is 8.12. The Hall–Kier alpha value is -2.59. The van der Waals surface area contributed by atoms with Crippen LogP contribution < -0.4 is 9.47 Å². The van der Waals surface area contributed by atoms with E-state index in [9.17, 15) is 4.79 Å². The van der Waals surface area contributed by atoms with Crippen molar-refractivity contribution in [2.45, 2.75) is 52.1 Å². The van der Waals surface area contributed by atoms with Crippen LogP contribution in [0.4, 0.5) is 0 Å². The van der Waals surface area contributed by atoms with Gasteiger partial charge in [-0.15, -0.1) is 0 Å². The fraction of sp³-hybridized carbons (Fsp3) is 0.375. The number of ether oxygens (including phenoxy) is 2. The molecule has 2 heterocycles. The second-order valence-corrected chi connectivity index (χ2v) is 8.12. The number of ketones is 1. The van der Waals surface area contributed by atoms with Gasteiger partial charge in [-0.3, -0.25) is 9.69 Å². The van der Waals surface area contributed by atoms with Crippen LogP contribution in [0.3, 0.4) is 0 Å². The van der Waals surface area contributed by atoms with Gasteiger partial charge in [-0.1, -0.05) is 37.1 Å². The molecule has 0 spiro atoms. The van der Waals surface area contributed by atoms with Crippen LogP contribution in [0.1, 0.15) is 58.3 Å². The zero-order valence-corrected chi connectivity index (χ0v) is 16.5. The molecule has 144 valence electrons. The van der Waals surface area contributed by atoms with E-state index in [-0.39, 0.29) is 5.78 Å². The number of aryl methyl sites for hydroxylation is 1. The Bertz CT molecular complexity index is 986. The summed E-state index contributed by atoms with van der Waals surface area (Å²) >= 11 is 0. The van der Waals surface area contributed by atoms with E-state index in [1.165, 1.54) is 25.7 Å². The number of benzene rings is 2. The number of carbonyl (C=O) groups excluding carboxylic acids is 1. The molecule has 2 aromatic carbocycles. The lowest BCUT2D eigenvalue weighted by Gasteiger charge is -2.34. The smallest absolute Gasteiger partial charge is 0.231 e. The normalized spacial score (nSPS) is 20.8. The molecule has 1 saturated carbocycles.